The molecule has 2 N–H and O–H groups in total. The molecule has 2 aromatic rings. The van der Waals surface area contributed by atoms with Crippen LogP contribution in [0.3, 0.4) is 0 Å². The van der Waals surface area contributed by atoms with E-state index >= 15 is 0 Å². The highest BCUT2D eigenvalue weighted by Crippen LogP contribution is 2.28. The summed E-state index contributed by atoms with van der Waals surface area (Å²) in [5, 5.41) is 0.711. The second-order valence-electron chi connectivity index (χ2n) is 4.31. The molecule has 1 aromatic heterocycles. The topological polar surface area (TPSA) is 48.1 Å². The Kier molecular flexibility index (Phi) is 3.64. The lowest BCUT2D eigenvalue weighted by Crippen LogP contribution is -2.44. The standard InChI is InChI=1S/C13H18N2OS/c1-3-13(14,4-2)9-16-12-15-10-7-5-6-8-11(10)17-12/h5-8H,3-4,9,14H2,1-2H3. The van der Waals surface area contributed by atoms with E-state index in [4.69, 9.17) is 10.5 Å². The third-order valence-corrected chi connectivity index (χ3v) is 4.11. The van der Waals surface area contributed by atoms with Crippen molar-refractivity contribution in [3.8, 4) is 5.19 Å². The van der Waals surface area contributed by atoms with Crippen molar-refractivity contribution >= 4 is 21.6 Å². The molecule has 0 saturated heterocycles. The van der Waals surface area contributed by atoms with Crippen LogP contribution >= 0.6 is 11.3 Å². The fraction of sp³-hybridized carbons (Fsp3) is 0.462. The van der Waals surface area contributed by atoms with Gasteiger partial charge in [0.25, 0.3) is 5.19 Å². The Bertz CT molecular complexity index is 458. The molecule has 1 aromatic carbocycles. The third kappa shape index (κ3) is 2.76. The van der Waals surface area contributed by atoms with E-state index in [-0.39, 0.29) is 5.54 Å². The first-order valence-electron chi connectivity index (χ1n) is 5.94. The van der Waals surface area contributed by atoms with Crippen LogP contribution in [0.25, 0.3) is 10.2 Å². The summed E-state index contributed by atoms with van der Waals surface area (Å²) in [5.74, 6) is 0. The number of ether oxygens (including phenoxy) is 1. The van der Waals surface area contributed by atoms with Gasteiger partial charge in [-0.05, 0) is 25.0 Å². The zero-order valence-corrected chi connectivity index (χ0v) is 11.1. The van der Waals surface area contributed by atoms with Crippen LogP contribution in [0.1, 0.15) is 26.7 Å². The predicted molar refractivity (Wildman–Crippen MR) is 72.6 cm³/mol. The van der Waals surface area contributed by atoms with Gasteiger partial charge >= 0.3 is 0 Å². The molecule has 0 aliphatic rings. The number of para-hydroxylation sites is 1. The number of benzene rings is 1. The summed E-state index contributed by atoms with van der Waals surface area (Å²) < 4.78 is 6.87. The fourth-order valence-corrected chi connectivity index (χ4v) is 2.39. The summed E-state index contributed by atoms with van der Waals surface area (Å²) in [6.45, 7) is 4.70. The number of rotatable bonds is 5. The number of aromatic nitrogens is 1. The quantitative estimate of drug-likeness (QED) is 0.886. The Morgan fingerprint density at radius 1 is 1.29 bits per heavy atom. The van der Waals surface area contributed by atoms with Crippen LogP contribution < -0.4 is 10.5 Å². The van der Waals surface area contributed by atoms with Gasteiger partial charge in [0.15, 0.2) is 0 Å². The van der Waals surface area contributed by atoms with Crippen molar-refractivity contribution in [3.63, 3.8) is 0 Å². The van der Waals surface area contributed by atoms with Gasteiger partial charge in [-0.15, -0.1) is 0 Å². The van der Waals surface area contributed by atoms with Crippen molar-refractivity contribution in [1.29, 1.82) is 0 Å². The smallest absolute Gasteiger partial charge is 0.274 e. The van der Waals surface area contributed by atoms with E-state index in [1.165, 1.54) is 0 Å². The normalized spacial score (nSPS) is 11.9. The Labute approximate surface area is 106 Å². The van der Waals surface area contributed by atoms with Gasteiger partial charge in [-0.1, -0.05) is 37.3 Å². The molecule has 2 rings (SSSR count). The van der Waals surface area contributed by atoms with E-state index in [2.05, 4.69) is 24.9 Å². The molecule has 0 saturated carbocycles. The van der Waals surface area contributed by atoms with Crippen LogP contribution in [-0.4, -0.2) is 17.1 Å². The monoisotopic (exact) mass is 250 g/mol. The highest BCUT2D eigenvalue weighted by Gasteiger charge is 2.21. The molecule has 0 fully saturated rings. The van der Waals surface area contributed by atoms with Crippen LogP contribution in [0.2, 0.25) is 0 Å². The highest BCUT2D eigenvalue weighted by atomic mass is 32.1. The van der Waals surface area contributed by atoms with Crippen molar-refractivity contribution < 1.29 is 4.74 Å². The zero-order valence-electron chi connectivity index (χ0n) is 10.3. The van der Waals surface area contributed by atoms with Crippen molar-refractivity contribution in [3.05, 3.63) is 24.3 Å². The maximum atomic E-state index is 6.19. The van der Waals surface area contributed by atoms with E-state index in [1.54, 1.807) is 11.3 Å². The van der Waals surface area contributed by atoms with Gasteiger partial charge in [0, 0.05) is 5.54 Å². The van der Waals surface area contributed by atoms with E-state index < -0.39 is 0 Å². The molecule has 0 aliphatic carbocycles. The Morgan fingerprint density at radius 2 is 2.00 bits per heavy atom. The number of hydrogen-bond acceptors (Lipinski definition) is 4. The lowest BCUT2D eigenvalue weighted by molar-refractivity contribution is 0.207. The Morgan fingerprint density at radius 3 is 2.65 bits per heavy atom. The maximum Gasteiger partial charge on any atom is 0.274 e. The molecule has 17 heavy (non-hydrogen) atoms. The van der Waals surface area contributed by atoms with E-state index in [0.29, 0.717) is 11.8 Å². The molecule has 0 aliphatic heterocycles. The molecule has 1 heterocycles. The van der Waals surface area contributed by atoms with Gasteiger partial charge < -0.3 is 10.5 Å². The second kappa shape index (κ2) is 5.02. The molecule has 92 valence electrons. The number of nitrogens with two attached hydrogens (primary N) is 1. The minimum Gasteiger partial charge on any atom is -0.468 e. The molecule has 0 unspecified atom stereocenters. The largest absolute Gasteiger partial charge is 0.468 e. The van der Waals surface area contributed by atoms with Crippen LogP contribution in [0.4, 0.5) is 0 Å². The van der Waals surface area contributed by atoms with Crippen molar-refractivity contribution in [2.45, 2.75) is 32.2 Å². The minimum atomic E-state index is -0.238. The van der Waals surface area contributed by atoms with Crippen LogP contribution in [0.5, 0.6) is 5.19 Å². The maximum absolute atomic E-state index is 6.19. The van der Waals surface area contributed by atoms with E-state index in [9.17, 15) is 0 Å². The summed E-state index contributed by atoms with van der Waals surface area (Å²) >= 11 is 1.57. The van der Waals surface area contributed by atoms with Crippen molar-refractivity contribution in [2.24, 2.45) is 5.73 Å². The van der Waals surface area contributed by atoms with Gasteiger partial charge in [0.1, 0.15) is 6.61 Å². The van der Waals surface area contributed by atoms with E-state index in [0.717, 1.165) is 23.1 Å². The minimum absolute atomic E-state index is 0.238. The van der Waals surface area contributed by atoms with Crippen LogP contribution in [0.15, 0.2) is 24.3 Å². The van der Waals surface area contributed by atoms with Gasteiger partial charge in [0.2, 0.25) is 0 Å². The molecule has 3 nitrogen and oxygen atoms in total. The van der Waals surface area contributed by atoms with Gasteiger partial charge in [-0.25, -0.2) is 4.98 Å². The van der Waals surface area contributed by atoms with Crippen molar-refractivity contribution in [2.75, 3.05) is 6.61 Å². The third-order valence-electron chi connectivity index (χ3n) is 3.17. The first-order chi connectivity index (χ1) is 8.17. The average Bonchev–Trinajstić information content (AvgIpc) is 2.79. The average molecular weight is 250 g/mol. The zero-order chi connectivity index (χ0) is 12.3. The first kappa shape index (κ1) is 12.3. The van der Waals surface area contributed by atoms with Gasteiger partial charge in [0.05, 0.1) is 10.2 Å². The number of fused-ring (bicyclic) bond motifs is 1. The molecule has 0 bridgehead atoms. The molecular formula is C13H18N2OS. The molecule has 0 radical (unpaired) electrons. The molecule has 0 amide bonds. The highest BCUT2D eigenvalue weighted by molar-refractivity contribution is 7.20. The number of hydrogen-bond donors (Lipinski definition) is 1. The summed E-state index contributed by atoms with van der Waals surface area (Å²) in [5.41, 5.74) is 6.94. The summed E-state index contributed by atoms with van der Waals surface area (Å²) in [7, 11) is 0. The van der Waals surface area contributed by atoms with Gasteiger partial charge in [-0.3, -0.25) is 0 Å². The first-order valence-corrected chi connectivity index (χ1v) is 6.76. The SMILES string of the molecule is CCC(N)(CC)COc1nc2ccccc2s1. The van der Waals surface area contributed by atoms with E-state index in [1.807, 2.05) is 18.2 Å². The summed E-state index contributed by atoms with van der Waals surface area (Å²) in [4.78, 5) is 4.43. The summed E-state index contributed by atoms with van der Waals surface area (Å²) in [6.07, 6.45) is 1.82. The Hall–Kier alpha value is -1.13. The molecule has 0 spiro atoms. The lowest BCUT2D eigenvalue weighted by atomic mass is 9.96. The predicted octanol–water partition coefficient (Wildman–Crippen LogP) is 3.19. The van der Waals surface area contributed by atoms with Crippen LogP contribution in [0, 0.1) is 0 Å². The van der Waals surface area contributed by atoms with Crippen LogP contribution in [-0.2, 0) is 0 Å². The fourth-order valence-electron chi connectivity index (χ4n) is 1.57. The molecule has 0 atom stereocenters. The Balaban J connectivity index is 2.09. The number of nitrogens with zero attached hydrogens (tertiary/aromatic N) is 1. The summed E-state index contributed by atoms with van der Waals surface area (Å²) in [6, 6.07) is 8.04. The van der Waals surface area contributed by atoms with Gasteiger partial charge in [-0.2, -0.15) is 0 Å². The molecule has 4 heteroatoms. The van der Waals surface area contributed by atoms with Crippen molar-refractivity contribution in [1.82, 2.24) is 4.98 Å². The molecular weight excluding hydrogens is 232 g/mol. The number of thiazole rings is 1. The second-order valence-corrected chi connectivity index (χ2v) is 5.30. The lowest BCUT2D eigenvalue weighted by Gasteiger charge is -2.25.